The summed E-state index contributed by atoms with van der Waals surface area (Å²) in [6.45, 7) is 2.69. The number of urea groups is 1. The number of carboxylic acids is 1. The van der Waals surface area contributed by atoms with Gasteiger partial charge in [0.2, 0.25) is 5.91 Å². The molecule has 0 saturated carbocycles. The summed E-state index contributed by atoms with van der Waals surface area (Å²) in [7, 11) is 1.39. The highest BCUT2D eigenvalue weighted by Gasteiger charge is 2.35. The predicted octanol–water partition coefficient (Wildman–Crippen LogP) is 2.39. The van der Waals surface area contributed by atoms with Crippen LogP contribution in [0.25, 0.3) is 6.08 Å². The van der Waals surface area contributed by atoms with E-state index < -0.39 is 36.5 Å². The van der Waals surface area contributed by atoms with Crippen LogP contribution >= 0.6 is 0 Å². The molecule has 2 aromatic carbocycles. The van der Waals surface area contributed by atoms with E-state index in [0.717, 1.165) is 10.5 Å². The fourth-order valence-electron chi connectivity index (χ4n) is 3.08. The Morgan fingerprint density at radius 3 is 2.58 bits per heavy atom. The minimum Gasteiger partial charge on any atom is -0.493 e. The monoisotopic (exact) mass is 453 g/mol. The van der Waals surface area contributed by atoms with Crippen molar-refractivity contribution in [2.24, 2.45) is 0 Å². The highest BCUT2D eigenvalue weighted by molar-refractivity contribution is 6.16. The lowest BCUT2D eigenvalue weighted by molar-refractivity contribution is -0.144. The van der Waals surface area contributed by atoms with Crippen LogP contribution in [0.4, 0.5) is 10.5 Å². The molecule has 0 aromatic heterocycles. The Labute approximate surface area is 189 Å². The van der Waals surface area contributed by atoms with E-state index >= 15 is 0 Å². The van der Waals surface area contributed by atoms with Crippen LogP contribution in [0.1, 0.15) is 18.1 Å². The molecule has 33 heavy (non-hydrogen) atoms. The van der Waals surface area contributed by atoms with Crippen LogP contribution < -0.4 is 20.1 Å². The molecule has 1 heterocycles. The number of carbonyl (C=O) groups is 4. The summed E-state index contributed by atoms with van der Waals surface area (Å²) >= 11 is 0. The van der Waals surface area contributed by atoms with Crippen molar-refractivity contribution in [3.05, 3.63) is 59.3 Å². The third-order valence-corrected chi connectivity index (χ3v) is 4.85. The smallest absolute Gasteiger partial charge is 0.344 e. The SMILES string of the molecule is COc1cccc(/C=C2\NC(=O)N(CC(=O)Nc3ccccc3C)C2=O)c1O[C@H](C)C(=O)O. The van der Waals surface area contributed by atoms with Crippen molar-refractivity contribution < 1.29 is 33.8 Å². The molecule has 10 nitrogen and oxygen atoms in total. The number of hydrogen-bond donors (Lipinski definition) is 3. The van der Waals surface area contributed by atoms with Crippen molar-refractivity contribution in [1.29, 1.82) is 0 Å². The Hall–Kier alpha value is -4.34. The van der Waals surface area contributed by atoms with Gasteiger partial charge in [-0.1, -0.05) is 30.3 Å². The number of ether oxygens (including phenoxy) is 2. The molecule has 172 valence electrons. The van der Waals surface area contributed by atoms with Crippen LogP contribution in [-0.2, 0) is 14.4 Å². The number of anilines is 1. The van der Waals surface area contributed by atoms with E-state index in [0.29, 0.717) is 11.3 Å². The maximum atomic E-state index is 12.8. The molecular weight excluding hydrogens is 430 g/mol. The van der Waals surface area contributed by atoms with Gasteiger partial charge < -0.3 is 25.2 Å². The Morgan fingerprint density at radius 2 is 1.91 bits per heavy atom. The Bertz CT molecular complexity index is 1140. The summed E-state index contributed by atoms with van der Waals surface area (Å²) in [6, 6.07) is 11.1. The lowest BCUT2D eigenvalue weighted by Gasteiger charge is -2.16. The van der Waals surface area contributed by atoms with Gasteiger partial charge in [0, 0.05) is 11.3 Å². The second-order valence-corrected chi connectivity index (χ2v) is 7.22. The van der Waals surface area contributed by atoms with E-state index in [1.807, 2.05) is 19.1 Å². The van der Waals surface area contributed by atoms with Crippen LogP contribution in [0.3, 0.4) is 0 Å². The first-order valence-electron chi connectivity index (χ1n) is 9.97. The van der Waals surface area contributed by atoms with Gasteiger partial charge in [-0.3, -0.25) is 9.59 Å². The molecule has 3 N–H and O–H groups in total. The van der Waals surface area contributed by atoms with Gasteiger partial charge in [-0.2, -0.15) is 0 Å². The number of hydrogen-bond acceptors (Lipinski definition) is 6. The number of rotatable bonds is 8. The van der Waals surface area contributed by atoms with E-state index in [1.165, 1.54) is 20.1 Å². The molecule has 1 saturated heterocycles. The van der Waals surface area contributed by atoms with Gasteiger partial charge in [0.1, 0.15) is 12.2 Å². The maximum absolute atomic E-state index is 12.8. The summed E-state index contributed by atoms with van der Waals surface area (Å²) in [4.78, 5) is 49.5. The van der Waals surface area contributed by atoms with Gasteiger partial charge >= 0.3 is 12.0 Å². The number of methoxy groups -OCH3 is 1. The average molecular weight is 453 g/mol. The van der Waals surface area contributed by atoms with Gasteiger partial charge in [-0.05, 0) is 37.6 Å². The number of nitrogens with zero attached hydrogens (tertiary/aromatic N) is 1. The topological polar surface area (TPSA) is 134 Å². The number of imide groups is 1. The average Bonchev–Trinajstić information content (AvgIpc) is 3.03. The number of carboxylic acid groups (broad SMARTS) is 1. The summed E-state index contributed by atoms with van der Waals surface area (Å²) in [5.41, 5.74) is 1.64. The van der Waals surface area contributed by atoms with Crippen molar-refractivity contribution in [2.45, 2.75) is 20.0 Å². The van der Waals surface area contributed by atoms with E-state index in [-0.39, 0.29) is 17.2 Å². The fraction of sp³-hybridized carbons (Fsp3) is 0.217. The largest absolute Gasteiger partial charge is 0.493 e. The van der Waals surface area contributed by atoms with Crippen LogP contribution in [0.5, 0.6) is 11.5 Å². The van der Waals surface area contributed by atoms with Gasteiger partial charge in [0.15, 0.2) is 17.6 Å². The second-order valence-electron chi connectivity index (χ2n) is 7.22. The van der Waals surface area contributed by atoms with Crippen molar-refractivity contribution >= 4 is 35.6 Å². The van der Waals surface area contributed by atoms with Crippen molar-refractivity contribution in [1.82, 2.24) is 10.2 Å². The van der Waals surface area contributed by atoms with E-state index in [4.69, 9.17) is 14.6 Å². The zero-order valence-corrected chi connectivity index (χ0v) is 18.2. The third kappa shape index (κ3) is 5.29. The minimum atomic E-state index is -1.19. The standard InChI is InChI=1S/C23H23N3O7/c1-13-7-4-5-9-16(13)24-19(27)12-26-21(28)17(25-23(26)31)11-15-8-6-10-18(32-3)20(15)33-14(2)22(29)30/h4-11,14H,12H2,1-3H3,(H,24,27)(H,25,31)(H,29,30)/b17-11-/t14-/m1/s1. The third-order valence-electron chi connectivity index (χ3n) is 4.85. The Morgan fingerprint density at radius 1 is 1.18 bits per heavy atom. The van der Waals surface area contributed by atoms with E-state index in [1.54, 1.807) is 30.3 Å². The van der Waals surface area contributed by atoms with Gasteiger partial charge in [0.05, 0.1) is 7.11 Å². The Kier molecular flexibility index (Phi) is 6.97. The molecule has 0 spiro atoms. The molecule has 0 bridgehead atoms. The van der Waals surface area contributed by atoms with Crippen LogP contribution in [0.15, 0.2) is 48.2 Å². The summed E-state index contributed by atoms with van der Waals surface area (Å²) < 4.78 is 10.7. The number of amides is 4. The quantitative estimate of drug-likeness (QED) is 0.413. The maximum Gasteiger partial charge on any atom is 0.344 e. The number of carbonyl (C=O) groups excluding carboxylic acids is 3. The second kappa shape index (κ2) is 9.86. The molecule has 3 rings (SSSR count). The van der Waals surface area contributed by atoms with E-state index in [2.05, 4.69) is 10.6 Å². The van der Waals surface area contributed by atoms with Gasteiger partial charge in [0.25, 0.3) is 5.91 Å². The molecule has 0 aliphatic carbocycles. The number of benzene rings is 2. The van der Waals surface area contributed by atoms with Crippen LogP contribution in [0.2, 0.25) is 0 Å². The molecule has 4 amide bonds. The lowest BCUT2D eigenvalue weighted by Crippen LogP contribution is -2.38. The Balaban J connectivity index is 1.81. The van der Waals surface area contributed by atoms with Crippen molar-refractivity contribution in [3.8, 4) is 11.5 Å². The highest BCUT2D eigenvalue weighted by atomic mass is 16.5. The first-order valence-corrected chi connectivity index (χ1v) is 9.97. The lowest BCUT2D eigenvalue weighted by atomic mass is 10.1. The number of nitrogens with one attached hydrogen (secondary N) is 2. The van der Waals surface area contributed by atoms with Crippen molar-refractivity contribution in [2.75, 3.05) is 19.0 Å². The molecular formula is C23H23N3O7. The molecule has 1 aliphatic rings. The predicted molar refractivity (Wildman–Crippen MR) is 119 cm³/mol. The van der Waals surface area contributed by atoms with Gasteiger partial charge in [-0.25, -0.2) is 14.5 Å². The summed E-state index contributed by atoms with van der Waals surface area (Å²) in [5.74, 6) is -2.07. The summed E-state index contributed by atoms with van der Waals surface area (Å²) in [6.07, 6.45) is 0.153. The first-order chi connectivity index (χ1) is 15.7. The highest BCUT2D eigenvalue weighted by Crippen LogP contribution is 2.34. The summed E-state index contributed by atoms with van der Waals surface area (Å²) in [5, 5.41) is 14.3. The zero-order valence-electron chi connectivity index (χ0n) is 18.2. The molecule has 1 fully saturated rings. The van der Waals surface area contributed by atoms with Crippen LogP contribution in [0, 0.1) is 6.92 Å². The van der Waals surface area contributed by atoms with Crippen LogP contribution in [-0.4, -0.2) is 53.6 Å². The number of para-hydroxylation sites is 2. The first kappa shape index (κ1) is 23.3. The van der Waals surface area contributed by atoms with Gasteiger partial charge in [-0.15, -0.1) is 0 Å². The molecule has 10 heteroatoms. The minimum absolute atomic E-state index is 0.0928. The number of aryl methyl sites for hydroxylation is 1. The number of aliphatic carboxylic acids is 1. The van der Waals surface area contributed by atoms with E-state index in [9.17, 15) is 19.2 Å². The normalized spacial score (nSPS) is 15.2. The molecule has 0 unspecified atom stereocenters. The molecule has 1 aliphatic heterocycles. The molecule has 0 radical (unpaired) electrons. The fourth-order valence-corrected chi connectivity index (χ4v) is 3.08. The molecule has 1 atom stereocenters. The molecule has 2 aromatic rings. The zero-order chi connectivity index (χ0) is 24.1. The van der Waals surface area contributed by atoms with Crippen molar-refractivity contribution in [3.63, 3.8) is 0 Å².